The summed E-state index contributed by atoms with van der Waals surface area (Å²) in [5.41, 5.74) is 3.38. The van der Waals surface area contributed by atoms with Crippen LogP contribution < -0.4 is 15.0 Å². The summed E-state index contributed by atoms with van der Waals surface area (Å²) in [4.78, 5) is 9.25. The summed E-state index contributed by atoms with van der Waals surface area (Å²) in [5, 5.41) is 7.47. The van der Waals surface area contributed by atoms with Gasteiger partial charge in [0.25, 0.3) is 0 Å². The SMILES string of the molecule is COc1ccc(CNCc2nc(-c3ccc(N4CCC(N(C)C)C4)cc3)no2)cc1. The van der Waals surface area contributed by atoms with Gasteiger partial charge >= 0.3 is 0 Å². The van der Waals surface area contributed by atoms with Gasteiger partial charge in [-0.05, 0) is 62.5 Å². The zero-order valence-corrected chi connectivity index (χ0v) is 17.8. The predicted molar refractivity (Wildman–Crippen MR) is 118 cm³/mol. The van der Waals surface area contributed by atoms with Crippen LogP contribution in [0.2, 0.25) is 0 Å². The van der Waals surface area contributed by atoms with Crippen LogP contribution in [0.5, 0.6) is 5.75 Å². The Balaban J connectivity index is 1.31. The molecule has 1 aromatic heterocycles. The van der Waals surface area contributed by atoms with E-state index in [-0.39, 0.29) is 0 Å². The Kier molecular flexibility index (Phi) is 6.30. The van der Waals surface area contributed by atoms with E-state index in [4.69, 9.17) is 9.26 Å². The van der Waals surface area contributed by atoms with Crippen molar-refractivity contribution >= 4 is 5.69 Å². The van der Waals surface area contributed by atoms with Crippen molar-refractivity contribution in [3.63, 3.8) is 0 Å². The molecule has 0 amide bonds. The summed E-state index contributed by atoms with van der Waals surface area (Å²) in [6.45, 7) is 3.41. The number of anilines is 1. The van der Waals surface area contributed by atoms with E-state index < -0.39 is 0 Å². The highest BCUT2D eigenvalue weighted by Gasteiger charge is 2.24. The van der Waals surface area contributed by atoms with E-state index >= 15 is 0 Å². The normalized spacial score (nSPS) is 16.4. The summed E-state index contributed by atoms with van der Waals surface area (Å²) in [7, 11) is 5.97. The summed E-state index contributed by atoms with van der Waals surface area (Å²) in [6, 6.07) is 17.0. The van der Waals surface area contributed by atoms with Crippen molar-refractivity contribution < 1.29 is 9.26 Å². The molecule has 4 rings (SSSR count). The molecule has 1 fully saturated rings. The van der Waals surface area contributed by atoms with Gasteiger partial charge in [-0.3, -0.25) is 0 Å². The maximum absolute atomic E-state index is 5.40. The minimum Gasteiger partial charge on any atom is -0.497 e. The van der Waals surface area contributed by atoms with Crippen molar-refractivity contribution in [2.45, 2.75) is 25.6 Å². The number of nitrogens with one attached hydrogen (secondary N) is 1. The van der Waals surface area contributed by atoms with Gasteiger partial charge in [0.2, 0.25) is 11.7 Å². The van der Waals surface area contributed by atoms with Gasteiger partial charge in [-0.25, -0.2) is 0 Å². The molecular weight excluding hydrogens is 378 g/mol. The lowest BCUT2D eigenvalue weighted by molar-refractivity contribution is 0.315. The third kappa shape index (κ3) is 4.80. The first-order valence-corrected chi connectivity index (χ1v) is 10.3. The first-order valence-electron chi connectivity index (χ1n) is 10.3. The highest BCUT2D eigenvalue weighted by Crippen LogP contribution is 2.25. The van der Waals surface area contributed by atoms with Crippen molar-refractivity contribution in [2.24, 2.45) is 0 Å². The van der Waals surface area contributed by atoms with Crippen molar-refractivity contribution in [1.29, 1.82) is 0 Å². The van der Waals surface area contributed by atoms with Crippen LogP contribution in [0.4, 0.5) is 5.69 Å². The van der Waals surface area contributed by atoms with Crippen LogP contribution in [0.1, 0.15) is 17.9 Å². The molecule has 0 aliphatic carbocycles. The van der Waals surface area contributed by atoms with E-state index in [9.17, 15) is 0 Å². The molecule has 7 heteroatoms. The van der Waals surface area contributed by atoms with Gasteiger partial charge in [-0.15, -0.1) is 0 Å². The zero-order valence-electron chi connectivity index (χ0n) is 17.8. The topological polar surface area (TPSA) is 66.7 Å². The summed E-state index contributed by atoms with van der Waals surface area (Å²) in [5.74, 6) is 2.06. The van der Waals surface area contributed by atoms with Gasteiger partial charge < -0.3 is 24.4 Å². The average molecular weight is 408 g/mol. The van der Waals surface area contributed by atoms with E-state index in [1.165, 1.54) is 17.7 Å². The summed E-state index contributed by atoms with van der Waals surface area (Å²) >= 11 is 0. The lowest BCUT2D eigenvalue weighted by atomic mass is 10.2. The molecule has 158 valence electrons. The molecule has 1 saturated heterocycles. The van der Waals surface area contributed by atoms with Gasteiger partial charge in [0.1, 0.15) is 5.75 Å². The maximum Gasteiger partial charge on any atom is 0.240 e. The van der Waals surface area contributed by atoms with Crippen LogP contribution >= 0.6 is 0 Å². The second kappa shape index (κ2) is 9.28. The van der Waals surface area contributed by atoms with Crippen molar-refractivity contribution in [1.82, 2.24) is 20.4 Å². The molecule has 0 radical (unpaired) electrons. The highest BCUT2D eigenvalue weighted by molar-refractivity contribution is 5.60. The molecule has 1 unspecified atom stereocenters. The average Bonchev–Trinajstić information content (AvgIpc) is 3.45. The Morgan fingerprint density at radius 2 is 1.87 bits per heavy atom. The minimum absolute atomic E-state index is 0.525. The first kappa shape index (κ1) is 20.4. The van der Waals surface area contributed by atoms with Crippen LogP contribution in [0, 0.1) is 0 Å². The molecule has 0 saturated carbocycles. The number of rotatable bonds is 8. The van der Waals surface area contributed by atoms with Gasteiger partial charge in [-0.1, -0.05) is 17.3 Å². The van der Waals surface area contributed by atoms with Crippen LogP contribution in [0.3, 0.4) is 0 Å². The predicted octanol–water partition coefficient (Wildman–Crippen LogP) is 3.18. The molecule has 30 heavy (non-hydrogen) atoms. The minimum atomic E-state index is 0.525. The van der Waals surface area contributed by atoms with Gasteiger partial charge in [-0.2, -0.15) is 4.98 Å². The number of nitrogens with zero attached hydrogens (tertiary/aromatic N) is 4. The van der Waals surface area contributed by atoms with E-state index in [1.807, 2.05) is 24.3 Å². The Hall–Kier alpha value is -2.90. The summed E-state index contributed by atoms with van der Waals surface area (Å²) in [6.07, 6.45) is 1.20. The second-order valence-electron chi connectivity index (χ2n) is 7.86. The van der Waals surface area contributed by atoms with Crippen LogP contribution in [0.25, 0.3) is 11.4 Å². The fraction of sp³-hybridized carbons (Fsp3) is 0.391. The van der Waals surface area contributed by atoms with Crippen LogP contribution in [-0.2, 0) is 13.1 Å². The number of ether oxygens (including phenoxy) is 1. The Morgan fingerprint density at radius 3 is 2.53 bits per heavy atom. The smallest absolute Gasteiger partial charge is 0.240 e. The molecule has 3 aromatic rings. The third-order valence-corrected chi connectivity index (χ3v) is 5.62. The molecule has 1 N–H and O–H groups in total. The molecule has 1 aliphatic heterocycles. The molecule has 1 aliphatic rings. The molecule has 2 heterocycles. The number of aromatic nitrogens is 2. The number of likely N-dealkylation sites (N-methyl/N-ethyl adjacent to an activating group) is 1. The van der Waals surface area contributed by atoms with Crippen LogP contribution in [-0.4, -0.2) is 55.4 Å². The van der Waals surface area contributed by atoms with Crippen molar-refractivity contribution in [3.8, 4) is 17.1 Å². The van der Waals surface area contributed by atoms with E-state index in [0.717, 1.165) is 30.9 Å². The Morgan fingerprint density at radius 1 is 1.10 bits per heavy atom. The molecule has 1 atom stereocenters. The third-order valence-electron chi connectivity index (χ3n) is 5.62. The van der Waals surface area contributed by atoms with Crippen LogP contribution in [0.15, 0.2) is 53.1 Å². The quantitative estimate of drug-likeness (QED) is 0.615. The number of hydrogen-bond donors (Lipinski definition) is 1. The monoisotopic (exact) mass is 407 g/mol. The summed E-state index contributed by atoms with van der Waals surface area (Å²) < 4.78 is 10.6. The fourth-order valence-corrected chi connectivity index (χ4v) is 3.72. The Bertz CT molecular complexity index is 937. The van der Waals surface area contributed by atoms with E-state index in [1.54, 1.807) is 7.11 Å². The maximum atomic E-state index is 5.40. The van der Waals surface area contributed by atoms with Gasteiger partial charge in [0, 0.05) is 36.9 Å². The molecule has 2 aromatic carbocycles. The molecule has 0 spiro atoms. The molecule has 7 nitrogen and oxygen atoms in total. The number of hydrogen-bond acceptors (Lipinski definition) is 7. The number of methoxy groups -OCH3 is 1. The fourth-order valence-electron chi connectivity index (χ4n) is 3.72. The second-order valence-corrected chi connectivity index (χ2v) is 7.86. The van der Waals surface area contributed by atoms with Crippen molar-refractivity contribution in [3.05, 3.63) is 60.0 Å². The lowest BCUT2D eigenvalue weighted by Crippen LogP contribution is -2.31. The van der Waals surface area contributed by atoms with E-state index in [2.05, 4.69) is 63.6 Å². The number of benzene rings is 2. The highest BCUT2D eigenvalue weighted by atomic mass is 16.5. The molecular formula is C23H29N5O2. The van der Waals surface area contributed by atoms with Gasteiger partial charge in [0.05, 0.1) is 13.7 Å². The molecule has 0 bridgehead atoms. The van der Waals surface area contributed by atoms with Crippen molar-refractivity contribution in [2.75, 3.05) is 39.2 Å². The largest absolute Gasteiger partial charge is 0.497 e. The van der Waals surface area contributed by atoms with E-state index in [0.29, 0.717) is 24.3 Å². The Labute approximate surface area is 177 Å². The van der Waals surface area contributed by atoms with Gasteiger partial charge in [0.15, 0.2) is 0 Å². The standard InChI is InChI=1S/C23H29N5O2/c1-27(2)20-12-13-28(16-20)19-8-6-18(7-9-19)23-25-22(30-26-23)15-24-14-17-4-10-21(29-3)11-5-17/h4-11,20,24H,12-16H2,1-3H3. The zero-order chi connectivity index (χ0) is 20.9. The lowest BCUT2D eigenvalue weighted by Gasteiger charge is -2.21. The first-order chi connectivity index (χ1) is 14.6.